The van der Waals surface area contributed by atoms with E-state index in [-0.39, 0.29) is 5.75 Å². The van der Waals surface area contributed by atoms with E-state index in [1.54, 1.807) is 12.3 Å². The zero-order chi connectivity index (χ0) is 13.5. The molecule has 0 amide bonds. The molecule has 0 aliphatic carbocycles. The van der Waals surface area contributed by atoms with Crippen molar-refractivity contribution in [2.75, 3.05) is 6.54 Å². The molecule has 2 aromatic heterocycles. The lowest BCUT2D eigenvalue weighted by molar-refractivity contribution is 0.251. The Morgan fingerprint density at radius 2 is 2.21 bits per heavy atom. The average molecular weight is 287 g/mol. The highest BCUT2D eigenvalue weighted by Crippen LogP contribution is 2.21. The van der Waals surface area contributed by atoms with Crippen molar-refractivity contribution in [1.82, 2.24) is 15.1 Å². The van der Waals surface area contributed by atoms with Crippen molar-refractivity contribution >= 4 is 11.8 Å². The van der Waals surface area contributed by atoms with Crippen LogP contribution in [0.4, 0.5) is 8.78 Å². The van der Waals surface area contributed by atoms with Crippen LogP contribution in [0.1, 0.15) is 11.5 Å². The van der Waals surface area contributed by atoms with Gasteiger partial charge in [0, 0.05) is 18.9 Å². The smallest absolute Gasteiger partial charge is 0.284 e. The molecule has 7 heteroatoms. The fourth-order valence-corrected chi connectivity index (χ4v) is 2.02. The fourth-order valence-electron chi connectivity index (χ4n) is 1.58. The molecule has 1 N–H and O–H groups in total. The molecule has 0 fully saturated rings. The lowest BCUT2D eigenvalue weighted by Crippen LogP contribution is -2.19. The largest absolute Gasteiger partial charge is 0.464 e. The van der Waals surface area contributed by atoms with Crippen LogP contribution in [0.25, 0.3) is 0 Å². The molecular formula is C12H15F2N3OS. The van der Waals surface area contributed by atoms with Crippen molar-refractivity contribution < 1.29 is 13.2 Å². The van der Waals surface area contributed by atoms with Crippen LogP contribution in [0.5, 0.6) is 0 Å². The second kappa shape index (κ2) is 7.30. The summed E-state index contributed by atoms with van der Waals surface area (Å²) in [4.78, 5) is 0. The van der Waals surface area contributed by atoms with Crippen LogP contribution >= 0.6 is 11.8 Å². The molecular weight excluding hydrogens is 272 g/mol. The maximum Gasteiger partial charge on any atom is 0.284 e. The first-order valence-corrected chi connectivity index (χ1v) is 6.94. The van der Waals surface area contributed by atoms with Crippen LogP contribution in [0.15, 0.2) is 35.0 Å². The van der Waals surface area contributed by atoms with Gasteiger partial charge in [-0.2, -0.15) is 13.9 Å². The minimum Gasteiger partial charge on any atom is -0.464 e. The van der Waals surface area contributed by atoms with E-state index in [4.69, 9.17) is 4.42 Å². The molecule has 0 atom stereocenters. The maximum atomic E-state index is 12.0. The molecule has 0 bridgehead atoms. The number of nitrogens with zero attached hydrogens (tertiary/aromatic N) is 2. The Hall–Kier alpha value is -1.34. The van der Waals surface area contributed by atoms with Gasteiger partial charge in [-0.15, -0.1) is 0 Å². The van der Waals surface area contributed by atoms with E-state index in [2.05, 4.69) is 10.4 Å². The molecule has 0 aromatic carbocycles. The van der Waals surface area contributed by atoms with Crippen molar-refractivity contribution in [3.8, 4) is 0 Å². The third-order valence-electron chi connectivity index (χ3n) is 2.44. The quantitative estimate of drug-likeness (QED) is 0.758. The molecule has 0 aliphatic heterocycles. The monoisotopic (exact) mass is 287 g/mol. The summed E-state index contributed by atoms with van der Waals surface area (Å²) in [5.41, 5.74) is 0. The number of rotatable bonds is 8. The molecule has 2 heterocycles. The Morgan fingerprint density at radius 3 is 2.95 bits per heavy atom. The first kappa shape index (κ1) is 14.1. The van der Waals surface area contributed by atoms with Gasteiger partial charge in [-0.25, -0.2) is 0 Å². The minimum atomic E-state index is -2.36. The summed E-state index contributed by atoms with van der Waals surface area (Å²) in [6, 6.07) is 5.42. The molecule has 0 radical (unpaired) electrons. The average Bonchev–Trinajstić information content (AvgIpc) is 3.04. The maximum absolute atomic E-state index is 12.0. The SMILES string of the molecule is FC(F)SCc1ccc(CNCCn2cccn2)o1. The highest BCUT2D eigenvalue weighted by molar-refractivity contribution is 7.98. The summed E-state index contributed by atoms with van der Waals surface area (Å²) >= 11 is 0.565. The molecule has 2 rings (SSSR count). The highest BCUT2D eigenvalue weighted by atomic mass is 32.2. The van der Waals surface area contributed by atoms with Crippen molar-refractivity contribution in [3.63, 3.8) is 0 Å². The van der Waals surface area contributed by atoms with E-state index in [1.165, 1.54) is 0 Å². The summed E-state index contributed by atoms with van der Waals surface area (Å²) in [6.45, 7) is 2.13. The highest BCUT2D eigenvalue weighted by Gasteiger charge is 2.07. The van der Waals surface area contributed by atoms with Crippen LogP contribution in [0.3, 0.4) is 0 Å². The normalized spacial score (nSPS) is 11.3. The summed E-state index contributed by atoms with van der Waals surface area (Å²) in [5.74, 6) is -0.828. The molecule has 0 unspecified atom stereocenters. The predicted octanol–water partition coefficient (Wildman–Crippen LogP) is 2.72. The van der Waals surface area contributed by atoms with Gasteiger partial charge in [0.1, 0.15) is 11.5 Å². The van der Waals surface area contributed by atoms with Gasteiger partial charge in [-0.1, -0.05) is 11.8 Å². The topological polar surface area (TPSA) is 43.0 Å². The van der Waals surface area contributed by atoms with E-state index in [9.17, 15) is 8.78 Å². The molecule has 0 spiro atoms. The number of aromatic nitrogens is 2. The third kappa shape index (κ3) is 5.04. The van der Waals surface area contributed by atoms with Gasteiger partial charge >= 0.3 is 0 Å². The van der Waals surface area contributed by atoms with Crippen LogP contribution in [0.2, 0.25) is 0 Å². The van der Waals surface area contributed by atoms with Gasteiger partial charge in [0.2, 0.25) is 0 Å². The van der Waals surface area contributed by atoms with Crippen molar-refractivity contribution in [3.05, 3.63) is 42.1 Å². The number of alkyl halides is 2. The molecule has 0 saturated carbocycles. The fraction of sp³-hybridized carbons (Fsp3) is 0.417. The minimum absolute atomic E-state index is 0.199. The Kier molecular flexibility index (Phi) is 5.41. The number of furan rings is 1. The summed E-state index contributed by atoms with van der Waals surface area (Å²) in [6.07, 6.45) is 3.63. The number of hydrogen-bond acceptors (Lipinski definition) is 4. The molecule has 4 nitrogen and oxygen atoms in total. The Balaban J connectivity index is 1.65. The number of thioether (sulfide) groups is 1. The first-order valence-electron chi connectivity index (χ1n) is 5.89. The zero-order valence-electron chi connectivity index (χ0n) is 10.3. The van der Waals surface area contributed by atoms with Crippen LogP contribution in [-0.4, -0.2) is 22.1 Å². The molecule has 0 aliphatic rings. The molecule has 104 valence electrons. The third-order valence-corrected chi connectivity index (χ3v) is 3.15. The number of nitrogens with one attached hydrogen (secondary N) is 1. The van der Waals surface area contributed by atoms with Gasteiger partial charge in [0.15, 0.2) is 0 Å². The summed E-state index contributed by atoms with van der Waals surface area (Å²) in [5, 5.41) is 7.29. The summed E-state index contributed by atoms with van der Waals surface area (Å²) < 4.78 is 31.3. The van der Waals surface area contributed by atoms with Gasteiger partial charge in [-0.3, -0.25) is 4.68 Å². The lowest BCUT2D eigenvalue weighted by Gasteiger charge is -2.03. The lowest BCUT2D eigenvalue weighted by atomic mass is 10.4. The van der Waals surface area contributed by atoms with Crippen LogP contribution in [-0.2, 0) is 18.8 Å². The summed E-state index contributed by atoms with van der Waals surface area (Å²) in [7, 11) is 0. The standard InChI is InChI=1S/C12H15F2N3OS/c13-12(14)19-9-11-3-2-10(18-11)8-15-5-7-17-6-1-4-16-17/h1-4,6,12,15H,5,7-9H2. The van der Waals surface area contributed by atoms with E-state index in [0.717, 1.165) is 18.8 Å². The van der Waals surface area contributed by atoms with Crippen molar-refractivity contribution in [2.24, 2.45) is 0 Å². The second-order valence-electron chi connectivity index (χ2n) is 3.89. The van der Waals surface area contributed by atoms with Gasteiger partial charge in [0.05, 0.1) is 18.8 Å². The van der Waals surface area contributed by atoms with Crippen LogP contribution < -0.4 is 5.32 Å². The van der Waals surface area contributed by atoms with E-state index in [0.29, 0.717) is 24.1 Å². The zero-order valence-corrected chi connectivity index (χ0v) is 11.1. The Morgan fingerprint density at radius 1 is 1.37 bits per heavy atom. The number of halogens is 2. The Labute approximate surface area is 114 Å². The number of hydrogen-bond donors (Lipinski definition) is 1. The van der Waals surface area contributed by atoms with E-state index < -0.39 is 5.76 Å². The Bertz CT molecular complexity index is 473. The molecule has 0 saturated heterocycles. The van der Waals surface area contributed by atoms with E-state index in [1.807, 2.05) is 23.0 Å². The van der Waals surface area contributed by atoms with Gasteiger partial charge in [-0.05, 0) is 18.2 Å². The van der Waals surface area contributed by atoms with Gasteiger partial charge in [0.25, 0.3) is 5.76 Å². The second-order valence-corrected chi connectivity index (χ2v) is 4.86. The predicted molar refractivity (Wildman–Crippen MR) is 69.9 cm³/mol. The molecule has 2 aromatic rings. The molecule has 19 heavy (non-hydrogen) atoms. The van der Waals surface area contributed by atoms with Gasteiger partial charge < -0.3 is 9.73 Å². The van der Waals surface area contributed by atoms with E-state index >= 15 is 0 Å². The van der Waals surface area contributed by atoms with Crippen LogP contribution in [0, 0.1) is 0 Å². The van der Waals surface area contributed by atoms with Crippen molar-refractivity contribution in [2.45, 2.75) is 24.6 Å². The first-order chi connectivity index (χ1) is 9.24. The van der Waals surface area contributed by atoms with Crippen molar-refractivity contribution in [1.29, 1.82) is 0 Å².